The molecule has 0 amide bonds. The van der Waals surface area contributed by atoms with Crippen molar-refractivity contribution in [2.75, 3.05) is 20.1 Å². The van der Waals surface area contributed by atoms with Gasteiger partial charge in [-0.3, -0.25) is 5.10 Å². The highest BCUT2D eigenvalue weighted by Gasteiger charge is 2.20. The summed E-state index contributed by atoms with van der Waals surface area (Å²) in [6, 6.07) is 1.93. The number of hydrogen-bond acceptors (Lipinski definition) is 4. The second-order valence-corrected chi connectivity index (χ2v) is 4.97. The Morgan fingerprint density at radius 2 is 2.17 bits per heavy atom. The maximum Gasteiger partial charge on any atom is 0.225 e. The Morgan fingerprint density at radius 3 is 2.94 bits per heavy atom. The first-order chi connectivity index (χ1) is 8.74. The average molecular weight is 246 g/mol. The van der Waals surface area contributed by atoms with Crippen LogP contribution in [0.4, 0.5) is 0 Å². The monoisotopic (exact) mass is 246 g/mol. The Hall–Kier alpha value is -1.62. The summed E-state index contributed by atoms with van der Waals surface area (Å²) in [7, 11) is 2.15. The summed E-state index contributed by atoms with van der Waals surface area (Å²) in [5.74, 6) is 0.716. The number of nitrogens with one attached hydrogen (secondary N) is 1. The van der Waals surface area contributed by atoms with Gasteiger partial charge in [-0.25, -0.2) is 4.98 Å². The first-order valence-corrected chi connectivity index (χ1v) is 6.39. The van der Waals surface area contributed by atoms with Gasteiger partial charge >= 0.3 is 0 Å². The predicted molar refractivity (Wildman–Crippen MR) is 69.8 cm³/mol. The number of pyridine rings is 1. The lowest BCUT2D eigenvalue weighted by Crippen LogP contribution is -2.35. The average Bonchev–Trinajstić information content (AvgIpc) is 2.75. The molecule has 1 fully saturated rings. The number of aromatic nitrogens is 3. The third-order valence-corrected chi connectivity index (χ3v) is 3.57. The molecule has 0 radical (unpaired) electrons. The van der Waals surface area contributed by atoms with Crippen LogP contribution in [-0.2, 0) is 0 Å². The first-order valence-electron chi connectivity index (χ1n) is 6.39. The molecule has 0 atom stereocenters. The zero-order valence-electron chi connectivity index (χ0n) is 10.8. The minimum atomic E-state index is 0.272. The van der Waals surface area contributed by atoms with Crippen LogP contribution in [0.1, 0.15) is 18.5 Å². The molecule has 0 aliphatic carbocycles. The van der Waals surface area contributed by atoms with Crippen molar-refractivity contribution in [1.29, 1.82) is 0 Å². The molecular weight excluding hydrogens is 228 g/mol. The highest BCUT2D eigenvalue weighted by atomic mass is 16.5. The summed E-state index contributed by atoms with van der Waals surface area (Å²) in [5.41, 5.74) is 1.94. The van der Waals surface area contributed by atoms with E-state index in [0.29, 0.717) is 5.88 Å². The molecule has 1 N–H and O–H groups in total. The van der Waals surface area contributed by atoms with Crippen LogP contribution >= 0.6 is 0 Å². The molecule has 0 aromatic carbocycles. The number of rotatable bonds is 2. The summed E-state index contributed by atoms with van der Waals surface area (Å²) in [6.07, 6.45) is 4.16. The van der Waals surface area contributed by atoms with Crippen molar-refractivity contribution >= 4 is 10.9 Å². The summed E-state index contributed by atoms with van der Waals surface area (Å²) < 4.78 is 6.06. The van der Waals surface area contributed by atoms with Crippen LogP contribution in [0, 0.1) is 6.92 Å². The molecule has 2 aromatic rings. The number of hydrogen-bond donors (Lipinski definition) is 1. The van der Waals surface area contributed by atoms with Gasteiger partial charge in [0.2, 0.25) is 5.88 Å². The van der Waals surface area contributed by atoms with E-state index in [1.165, 1.54) is 0 Å². The summed E-state index contributed by atoms with van der Waals surface area (Å²) in [6.45, 7) is 4.15. The third-order valence-electron chi connectivity index (χ3n) is 3.57. The van der Waals surface area contributed by atoms with Gasteiger partial charge in [0.25, 0.3) is 0 Å². The summed E-state index contributed by atoms with van der Waals surface area (Å²) in [4.78, 5) is 6.69. The number of likely N-dealkylation sites (tertiary alicyclic amines) is 1. The van der Waals surface area contributed by atoms with Gasteiger partial charge in [-0.05, 0) is 32.9 Å². The van der Waals surface area contributed by atoms with E-state index in [4.69, 9.17) is 4.74 Å². The molecule has 2 aromatic heterocycles. The van der Waals surface area contributed by atoms with E-state index in [2.05, 4.69) is 27.1 Å². The lowest BCUT2D eigenvalue weighted by molar-refractivity contribution is 0.111. The molecule has 1 aliphatic heterocycles. The Kier molecular flexibility index (Phi) is 2.91. The molecule has 3 heterocycles. The van der Waals surface area contributed by atoms with Gasteiger partial charge in [-0.1, -0.05) is 0 Å². The quantitative estimate of drug-likeness (QED) is 0.877. The minimum Gasteiger partial charge on any atom is -0.474 e. The van der Waals surface area contributed by atoms with Crippen molar-refractivity contribution in [1.82, 2.24) is 20.1 Å². The van der Waals surface area contributed by atoms with Crippen LogP contribution in [0.2, 0.25) is 0 Å². The minimum absolute atomic E-state index is 0.272. The fraction of sp³-hybridized carbons (Fsp3) is 0.538. The van der Waals surface area contributed by atoms with Gasteiger partial charge in [0.05, 0.1) is 16.6 Å². The molecule has 96 valence electrons. The second-order valence-electron chi connectivity index (χ2n) is 4.97. The number of ether oxygens (including phenoxy) is 1. The smallest absolute Gasteiger partial charge is 0.225 e. The van der Waals surface area contributed by atoms with Crippen molar-refractivity contribution in [2.45, 2.75) is 25.9 Å². The molecular formula is C13H18N4O. The van der Waals surface area contributed by atoms with E-state index in [-0.39, 0.29) is 6.10 Å². The van der Waals surface area contributed by atoms with Gasteiger partial charge in [0.1, 0.15) is 6.10 Å². The van der Waals surface area contributed by atoms with Crippen molar-refractivity contribution in [3.8, 4) is 5.88 Å². The zero-order chi connectivity index (χ0) is 12.5. The maximum atomic E-state index is 6.06. The van der Waals surface area contributed by atoms with E-state index in [0.717, 1.165) is 42.5 Å². The summed E-state index contributed by atoms with van der Waals surface area (Å²) >= 11 is 0. The molecule has 0 spiro atoms. The molecule has 1 aliphatic rings. The number of aromatic amines is 1. The number of aryl methyl sites for hydroxylation is 1. The zero-order valence-corrected chi connectivity index (χ0v) is 10.8. The van der Waals surface area contributed by atoms with Crippen LogP contribution < -0.4 is 4.74 Å². The molecule has 3 rings (SSSR count). The van der Waals surface area contributed by atoms with Crippen LogP contribution in [0.3, 0.4) is 0 Å². The van der Waals surface area contributed by atoms with E-state index in [1.807, 2.05) is 13.0 Å². The SMILES string of the molecule is Cc1n[nH]c2ccnc(OC3CCN(C)CC3)c12. The van der Waals surface area contributed by atoms with Crippen LogP contribution in [0.25, 0.3) is 10.9 Å². The molecule has 0 unspecified atom stereocenters. The fourth-order valence-corrected chi connectivity index (χ4v) is 2.44. The molecule has 5 nitrogen and oxygen atoms in total. The number of H-pyrrole nitrogens is 1. The Balaban J connectivity index is 1.84. The molecule has 1 saturated heterocycles. The van der Waals surface area contributed by atoms with Gasteiger partial charge in [-0.2, -0.15) is 5.10 Å². The van der Waals surface area contributed by atoms with Gasteiger partial charge in [-0.15, -0.1) is 0 Å². The van der Waals surface area contributed by atoms with E-state index < -0.39 is 0 Å². The highest BCUT2D eigenvalue weighted by Crippen LogP contribution is 2.26. The normalized spacial score (nSPS) is 18.3. The molecule has 0 bridgehead atoms. The maximum absolute atomic E-state index is 6.06. The molecule has 5 heteroatoms. The van der Waals surface area contributed by atoms with Crippen molar-refractivity contribution in [3.05, 3.63) is 18.0 Å². The van der Waals surface area contributed by atoms with Crippen LogP contribution in [0.5, 0.6) is 5.88 Å². The van der Waals surface area contributed by atoms with E-state index in [1.54, 1.807) is 6.20 Å². The van der Waals surface area contributed by atoms with Crippen LogP contribution in [-0.4, -0.2) is 46.3 Å². The molecule has 0 saturated carbocycles. The Morgan fingerprint density at radius 1 is 1.39 bits per heavy atom. The number of nitrogens with zero attached hydrogens (tertiary/aromatic N) is 3. The summed E-state index contributed by atoms with van der Waals surface area (Å²) in [5, 5.41) is 8.21. The van der Waals surface area contributed by atoms with Gasteiger partial charge in [0.15, 0.2) is 0 Å². The van der Waals surface area contributed by atoms with Crippen molar-refractivity contribution in [2.24, 2.45) is 0 Å². The van der Waals surface area contributed by atoms with Crippen molar-refractivity contribution in [3.63, 3.8) is 0 Å². The Bertz CT molecular complexity index is 543. The molecule has 18 heavy (non-hydrogen) atoms. The lowest BCUT2D eigenvalue weighted by atomic mass is 10.1. The fourth-order valence-electron chi connectivity index (χ4n) is 2.44. The van der Waals surface area contributed by atoms with Gasteiger partial charge in [0, 0.05) is 19.3 Å². The van der Waals surface area contributed by atoms with Crippen LogP contribution in [0.15, 0.2) is 12.3 Å². The standard InChI is InChI=1S/C13H18N4O/c1-9-12-11(16-15-9)3-6-14-13(12)18-10-4-7-17(2)8-5-10/h3,6,10H,4-5,7-8H2,1-2H3,(H,15,16). The number of fused-ring (bicyclic) bond motifs is 1. The second kappa shape index (κ2) is 4.57. The first kappa shape index (κ1) is 11.5. The third kappa shape index (κ3) is 2.06. The Labute approximate surface area is 106 Å². The predicted octanol–water partition coefficient (Wildman–Crippen LogP) is 1.74. The van der Waals surface area contributed by atoms with E-state index in [9.17, 15) is 0 Å². The highest BCUT2D eigenvalue weighted by molar-refractivity contribution is 5.85. The number of piperidine rings is 1. The topological polar surface area (TPSA) is 54.0 Å². The van der Waals surface area contributed by atoms with Gasteiger partial charge < -0.3 is 9.64 Å². The van der Waals surface area contributed by atoms with E-state index >= 15 is 0 Å². The lowest BCUT2D eigenvalue weighted by Gasteiger charge is -2.29. The largest absolute Gasteiger partial charge is 0.474 e. The van der Waals surface area contributed by atoms with Crippen molar-refractivity contribution < 1.29 is 4.74 Å².